The number of morpholine rings is 1. The van der Waals surface area contributed by atoms with Gasteiger partial charge in [-0.1, -0.05) is 25.1 Å². The van der Waals surface area contributed by atoms with Crippen LogP contribution in [0.2, 0.25) is 0 Å². The average Bonchev–Trinajstić information content (AvgIpc) is 2.54. The standard InChI is InChI=1S/C17H20F3NO4/c1-2-14(11-4-3-5-12(8-11)17(18,19)20)16(24)21-6-7-25-13(10-21)9-15(22)23/h3-5,8,13-14H,2,6-7,9-10H2,1H3,(H,22,23)/t13-,14+/m1/s1. The molecule has 1 fully saturated rings. The molecule has 2 rings (SSSR count). The third-order valence-electron chi connectivity index (χ3n) is 4.18. The van der Waals surface area contributed by atoms with E-state index in [1.165, 1.54) is 17.0 Å². The molecule has 0 spiro atoms. The summed E-state index contributed by atoms with van der Waals surface area (Å²) >= 11 is 0. The monoisotopic (exact) mass is 359 g/mol. The lowest BCUT2D eigenvalue weighted by molar-refractivity contribution is -0.148. The van der Waals surface area contributed by atoms with Crippen LogP contribution in [0.15, 0.2) is 24.3 Å². The fraction of sp³-hybridized carbons (Fsp3) is 0.529. The molecule has 138 valence electrons. The van der Waals surface area contributed by atoms with Gasteiger partial charge in [0.05, 0.1) is 30.6 Å². The number of carboxylic acids is 1. The molecule has 8 heteroatoms. The summed E-state index contributed by atoms with van der Waals surface area (Å²) in [5.41, 5.74) is -0.481. The van der Waals surface area contributed by atoms with Crippen LogP contribution in [0.1, 0.15) is 36.8 Å². The molecule has 1 amide bonds. The van der Waals surface area contributed by atoms with Crippen molar-refractivity contribution >= 4 is 11.9 Å². The Labute approximate surface area is 143 Å². The van der Waals surface area contributed by atoms with Gasteiger partial charge >= 0.3 is 12.1 Å². The molecular formula is C17H20F3NO4. The van der Waals surface area contributed by atoms with Crippen LogP contribution in [-0.2, 0) is 20.5 Å². The normalized spacial score (nSPS) is 19.5. The molecule has 0 unspecified atom stereocenters. The fourth-order valence-electron chi connectivity index (χ4n) is 2.94. The van der Waals surface area contributed by atoms with Crippen LogP contribution < -0.4 is 0 Å². The van der Waals surface area contributed by atoms with E-state index in [9.17, 15) is 22.8 Å². The summed E-state index contributed by atoms with van der Waals surface area (Å²) in [6.45, 7) is 2.37. The summed E-state index contributed by atoms with van der Waals surface area (Å²) in [6, 6.07) is 4.77. The fourth-order valence-corrected chi connectivity index (χ4v) is 2.94. The van der Waals surface area contributed by atoms with Gasteiger partial charge in [-0.15, -0.1) is 0 Å². The van der Waals surface area contributed by atoms with Gasteiger partial charge in [-0.25, -0.2) is 0 Å². The third-order valence-corrected chi connectivity index (χ3v) is 4.18. The van der Waals surface area contributed by atoms with E-state index >= 15 is 0 Å². The van der Waals surface area contributed by atoms with E-state index < -0.39 is 29.7 Å². The Morgan fingerprint density at radius 1 is 1.40 bits per heavy atom. The lowest BCUT2D eigenvalue weighted by Gasteiger charge is -2.34. The molecule has 1 aromatic rings. The molecule has 0 aliphatic carbocycles. The topological polar surface area (TPSA) is 66.8 Å². The van der Waals surface area contributed by atoms with Crippen molar-refractivity contribution in [1.82, 2.24) is 4.90 Å². The zero-order valence-corrected chi connectivity index (χ0v) is 13.8. The minimum Gasteiger partial charge on any atom is -0.481 e. The van der Waals surface area contributed by atoms with Crippen LogP contribution >= 0.6 is 0 Å². The molecule has 1 aromatic carbocycles. The minimum absolute atomic E-state index is 0.126. The Balaban J connectivity index is 2.17. The number of halogens is 3. The predicted molar refractivity (Wildman–Crippen MR) is 83.0 cm³/mol. The maximum Gasteiger partial charge on any atom is 0.416 e. The number of alkyl halides is 3. The van der Waals surface area contributed by atoms with Crippen molar-refractivity contribution in [2.45, 2.75) is 38.0 Å². The number of hydrogen-bond donors (Lipinski definition) is 1. The lowest BCUT2D eigenvalue weighted by atomic mass is 9.93. The van der Waals surface area contributed by atoms with Crippen molar-refractivity contribution in [3.05, 3.63) is 35.4 Å². The van der Waals surface area contributed by atoms with E-state index in [0.29, 0.717) is 18.5 Å². The first-order chi connectivity index (χ1) is 11.7. The SMILES string of the molecule is CC[C@H](C(=O)N1CCO[C@H](CC(=O)O)C1)c1cccc(C(F)(F)F)c1. The van der Waals surface area contributed by atoms with E-state index in [4.69, 9.17) is 9.84 Å². The second-order valence-electron chi connectivity index (χ2n) is 5.96. The Morgan fingerprint density at radius 2 is 2.12 bits per heavy atom. The van der Waals surface area contributed by atoms with Crippen molar-refractivity contribution in [2.24, 2.45) is 0 Å². The summed E-state index contributed by atoms with van der Waals surface area (Å²) in [6.07, 6.45) is -4.94. The number of amides is 1. The minimum atomic E-state index is -4.47. The van der Waals surface area contributed by atoms with Gasteiger partial charge in [0.2, 0.25) is 5.91 Å². The maximum absolute atomic E-state index is 12.9. The summed E-state index contributed by atoms with van der Waals surface area (Å²) in [5, 5.41) is 8.84. The Bertz CT molecular complexity index is 633. The van der Waals surface area contributed by atoms with Gasteiger partial charge in [-0.2, -0.15) is 13.2 Å². The third kappa shape index (κ3) is 4.94. The number of aliphatic carboxylic acids is 1. The van der Waals surface area contributed by atoms with Crippen LogP contribution in [0.4, 0.5) is 13.2 Å². The molecule has 1 N–H and O–H groups in total. The van der Waals surface area contributed by atoms with Crippen LogP contribution in [0.5, 0.6) is 0 Å². The molecule has 0 aromatic heterocycles. The zero-order valence-electron chi connectivity index (χ0n) is 13.8. The molecule has 5 nitrogen and oxygen atoms in total. The van der Waals surface area contributed by atoms with Crippen LogP contribution in [0, 0.1) is 0 Å². The maximum atomic E-state index is 12.9. The number of benzene rings is 1. The first kappa shape index (κ1) is 19.2. The van der Waals surface area contributed by atoms with Crippen molar-refractivity contribution < 1.29 is 32.6 Å². The second-order valence-corrected chi connectivity index (χ2v) is 5.96. The molecule has 1 heterocycles. The van der Waals surface area contributed by atoms with Gasteiger partial charge in [0, 0.05) is 13.1 Å². The number of carboxylic acid groups (broad SMARTS) is 1. The highest BCUT2D eigenvalue weighted by Gasteiger charge is 2.33. The molecule has 1 saturated heterocycles. The van der Waals surface area contributed by atoms with Gasteiger partial charge in [0.25, 0.3) is 0 Å². The summed E-state index contributed by atoms with van der Waals surface area (Å²) in [5.74, 6) is -2.03. The van der Waals surface area contributed by atoms with Crippen LogP contribution in [0.3, 0.4) is 0 Å². The second kappa shape index (κ2) is 7.86. The van der Waals surface area contributed by atoms with Gasteiger partial charge < -0.3 is 14.7 Å². The van der Waals surface area contributed by atoms with E-state index in [1.807, 2.05) is 0 Å². The largest absolute Gasteiger partial charge is 0.481 e. The number of nitrogens with zero attached hydrogens (tertiary/aromatic N) is 1. The van der Waals surface area contributed by atoms with Crippen LogP contribution in [0.25, 0.3) is 0 Å². The summed E-state index contributed by atoms with van der Waals surface area (Å²) in [7, 11) is 0. The average molecular weight is 359 g/mol. The first-order valence-corrected chi connectivity index (χ1v) is 8.01. The van der Waals surface area contributed by atoms with Gasteiger partial charge in [-0.3, -0.25) is 9.59 Å². The molecule has 0 bridgehead atoms. The highest BCUT2D eigenvalue weighted by molar-refractivity contribution is 5.84. The zero-order chi connectivity index (χ0) is 18.6. The Kier molecular flexibility index (Phi) is 6.05. The molecular weight excluding hydrogens is 339 g/mol. The molecule has 0 saturated carbocycles. The lowest BCUT2D eigenvalue weighted by Crippen LogP contribution is -2.47. The molecule has 25 heavy (non-hydrogen) atoms. The number of hydrogen-bond acceptors (Lipinski definition) is 3. The number of ether oxygens (including phenoxy) is 1. The summed E-state index contributed by atoms with van der Waals surface area (Å²) in [4.78, 5) is 25.0. The Morgan fingerprint density at radius 3 is 2.72 bits per heavy atom. The molecule has 0 radical (unpaired) electrons. The number of carbonyl (C=O) groups is 2. The van der Waals surface area contributed by atoms with Gasteiger partial charge in [0.1, 0.15) is 0 Å². The smallest absolute Gasteiger partial charge is 0.416 e. The predicted octanol–water partition coefficient (Wildman–Crippen LogP) is 2.90. The molecule has 1 aliphatic rings. The summed E-state index contributed by atoms with van der Waals surface area (Å²) < 4.78 is 44.0. The van der Waals surface area contributed by atoms with Crippen molar-refractivity contribution in [1.29, 1.82) is 0 Å². The van der Waals surface area contributed by atoms with E-state index in [-0.39, 0.29) is 25.5 Å². The Hall–Kier alpha value is -2.09. The van der Waals surface area contributed by atoms with Crippen molar-refractivity contribution in [3.8, 4) is 0 Å². The van der Waals surface area contributed by atoms with Gasteiger partial charge in [-0.05, 0) is 18.1 Å². The van der Waals surface area contributed by atoms with E-state index in [0.717, 1.165) is 12.1 Å². The highest BCUT2D eigenvalue weighted by atomic mass is 19.4. The molecule has 2 atom stereocenters. The number of carbonyl (C=O) groups excluding carboxylic acids is 1. The molecule has 1 aliphatic heterocycles. The van der Waals surface area contributed by atoms with Gasteiger partial charge in [0.15, 0.2) is 0 Å². The highest BCUT2D eigenvalue weighted by Crippen LogP contribution is 2.32. The van der Waals surface area contributed by atoms with Crippen molar-refractivity contribution in [3.63, 3.8) is 0 Å². The number of rotatable bonds is 5. The van der Waals surface area contributed by atoms with Crippen LogP contribution in [-0.4, -0.2) is 47.7 Å². The van der Waals surface area contributed by atoms with E-state index in [1.54, 1.807) is 6.92 Å². The van der Waals surface area contributed by atoms with Crippen molar-refractivity contribution in [2.75, 3.05) is 19.7 Å². The first-order valence-electron chi connectivity index (χ1n) is 8.01. The van der Waals surface area contributed by atoms with E-state index in [2.05, 4.69) is 0 Å². The quantitative estimate of drug-likeness (QED) is 0.878.